The van der Waals surface area contributed by atoms with Crippen LogP contribution < -0.4 is 5.30 Å². The van der Waals surface area contributed by atoms with E-state index in [-0.39, 0.29) is 18.7 Å². The van der Waals surface area contributed by atoms with Crippen LogP contribution in [0.2, 0.25) is 0 Å². The van der Waals surface area contributed by atoms with E-state index in [2.05, 4.69) is 87.6 Å². The third kappa shape index (κ3) is 4.88. The molecule has 2 nitrogen and oxygen atoms in total. The molecule has 4 heteroatoms. The van der Waals surface area contributed by atoms with Crippen LogP contribution in [0.25, 0.3) is 0 Å². The fourth-order valence-corrected chi connectivity index (χ4v) is 19.2. The molecule has 8 fully saturated rings. The molecule has 0 aliphatic heterocycles. The van der Waals surface area contributed by atoms with Crippen molar-refractivity contribution < 1.29 is 4.21 Å². The first-order valence-electron chi connectivity index (χ1n) is 17.6. The molecule has 0 N–H and O–H groups in total. The predicted octanol–water partition coefficient (Wildman–Crippen LogP) is 9.52. The highest BCUT2D eigenvalue weighted by Gasteiger charge is 2.63. The Labute approximate surface area is 265 Å². The molecule has 8 saturated carbocycles. The molecule has 2 aromatic rings. The number of nitrogens with zero attached hydrogens (tertiary/aromatic N) is 1. The summed E-state index contributed by atoms with van der Waals surface area (Å²) >= 11 is 0. The van der Waals surface area contributed by atoms with Gasteiger partial charge >= 0.3 is 0 Å². The van der Waals surface area contributed by atoms with Gasteiger partial charge < -0.3 is 0 Å². The van der Waals surface area contributed by atoms with Crippen LogP contribution in [0.15, 0.2) is 48.5 Å². The molecule has 0 heterocycles. The first-order valence-corrected chi connectivity index (χ1v) is 20.1. The summed E-state index contributed by atoms with van der Waals surface area (Å²) in [5.41, 5.74) is 4.13. The van der Waals surface area contributed by atoms with Gasteiger partial charge in [0, 0.05) is 7.05 Å². The van der Waals surface area contributed by atoms with Gasteiger partial charge in [0.1, 0.15) is 11.0 Å². The van der Waals surface area contributed by atoms with Crippen molar-refractivity contribution in [1.82, 2.24) is 4.31 Å². The SMILES string of the molecule is Cc1ccccc1[C@@H](c1ccccc1P(C12CC3CC(CC(C3)C1)C2)C12CC3CC(CC(C3)C1)C2)N(C)[S@](=O)C(C)(C)C. The van der Waals surface area contributed by atoms with Gasteiger partial charge in [0.05, 0.1) is 10.8 Å². The first kappa shape index (κ1) is 29.4. The lowest BCUT2D eigenvalue weighted by Gasteiger charge is -2.67. The van der Waals surface area contributed by atoms with E-state index < -0.39 is 11.0 Å². The normalized spacial score (nSPS) is 39.8. The summed E-state index contributed by atoms with van der Waals surface area (Å²) in [4.78, 5) is 0. The van der Waals surface area contributed by atoms with E-state index in [1.165, 1.54) is 93.7 Å². The van der Waals surface area contributed by atoms with Gasteiger partial charge in [-0.1, -0.05) is 56.5 Å². The van der Waals surface area contributed by atoms with Gasteiger partial charge in [-0.05, 0) is 173 Å². The molecule has 232 valence electrons. The van der Waals surface area contributed by atoms with Crippen molar-refractivity contribution in [2.24, 2.45) is 35.5 Å². The van der Waals surface area contributed by atoms with Crippen molar-refractivity contribution in [1.29, 1.82) is 0 Å². The smallest absolute Gasteiger partial charge is 0.100 e. The fourth-order valence-electron chi connectivity index (χ4n) is 12.6. The molecule has 8 aliphatic carbocycles. The second-order valence-corrected chi connectivity index (χ2v) is 22.7. The van der Waals surface area contributed by atoms with Crippen molar-refractivity contribution in [2.75, 3.05) is 7.05 Å². The molecule has 0 saturated heterocycles. The van der Waals surface area contributed by atoms with Crippen molar-refractivity contribution in [2.45, 2.75) is 126 Å². The Morgan fingerprint density at radius 3 is 1.51 bits per heavy atom. The van der Waals surface area contributed by atoms with Crippen LogP contribution in [0.4, 0.5) is 0 Å². The van der Waals surface area contributed by atoms with Crippen molar-refractivity contribution in [3.8, 4) is 0 Å². The van der Waals surface area contributed by atoms with Gasteiger partial charge in [-0.15, -0.1) is 0 Å². The molecule has 0 aromatic heterocycles. The highest BCUT2D eigenvalue weighted by molar-refractivity contribution is 7.84. The zero-order chi connectivity index (χ0) is 29.7. The van der Waals surface area contributed by atoms with Crippen LogP contribution in [-0.2, 0) is 11.0 Å². The van der Waals surface area contributed by atoms with E-state index in [0.717, 1.165) is 35.5 Å². The van der Waals surface area contributed by atoms with Gasteiger partial charge in [-0.2, -0.15) is 0 Å². The summed E-state index contributed by atoms with van der Waals surface area (Å²) < 4.78 is 16.2. The van der Waals surface area contributed by atoms with Crippen molar-refractivity contribution in [3.05, 3.63) is 65.2 Å². The van der Waals surface area contributed by atoms with Gasteiger partial charge in [-0.3, -0.25) is 0 Å². The zero-order valence-electron chi connectivity index (χ0n) is 27.4. The Bertz CT molecular complexity index is 1290. The monoisotopic (exact) mass is 615 g/mol. The third-order valence-corrected chi connectivity index (χ3v) is 18.7. The lowest BCUT2D eigenvalue weighted by atomic mass is 9.55. The van der Waals surface area contributed by atoms with Crippen LogP contribution >= 0.6 is 7.92 Å². The summed E-state index contributed by atoms with van der Waals surface area (Å²) in [5.74, 6) is 5.84. The number of rotatable bonds is 7. The van der Waals surface area contributed by atoms with Crippen LogP contribution in [0.3, 0.4) is 0 Å². The van der Waals surface area contributed by atoms with E-state index in [9.17, 15) is 4.21 Å². The minimum Gasteiger partial charge on any atom is -0.242 e. The molecule has 10 rings (SSSR count). The molecule has 8 bridgehead atoms. The van der Waals surface area contributed by atoms with Gasteiger partial charge in [0.25, 0.3) is 0 Å². The van der Waals surface area contributed by atoms with Gasteiger partial charge in [0.2, 0.25) is 0 Å². The highest BCUT2D eigenvalue weighted by atomic mass is 32.2. The molecule has 0 radical (unpaired) electrons. The standard InChI is InChI=1S/C39H54NOPS/c1-26-10-6-7-11-33(26)36(40(5)43(41)37(2,3)4)34-12-8-9-13-35(34)42(38-20-27-14-28(21-38)16-29(15-27)22-38)39-23-30-17-31(24-39)19-32(18-30)25-39/h6-13,27-32,36H,14-25H2,1-5H3/t27?,28?,29?,30?,31?,32?,36-,38?,39?,42?,43+/m0/s1. The predicted molar refractivity (Wildman–Crippen MR) is 183 cm³/mol. The summed E-state index contributed by atoms with van der Waals surface area (Å²) in [7, 11) is 0.668. The molecule has 2 atom stereocenters. The zero-order valence-corrected chi connectivity index (χ0v) is 29.1. The third-order valence-electron chi connectivity index (χ3n) is 13.1. The Kier molecular flexibility index (Phi) is 7.18. The van der Waals surface area contributed by atoms with Crippen LogP contribution in [0, 0.1) is 42.4 Å². The fraction of sp³-hybridized carbons (Fsp3) is 0.692. The Morgan fingerprint density at radius 1 is 0.698 bits per heavy atom. The first-order chi connectivity index (χ1) is 20.5. The number of hydrogen-bond donors (Lipinski definition) is 0. The summed E-state index contributed by atoms with van der Waals surface area (Å²) in [5, 5.41) is 2.75. The van der Waals surface area contributed by atoms with E-state index in [0.29, 0.717) is 10.3 Å². The van der Waals surface area contributed by atoms with Crippen LogP contribution in [0.5, 0.6) is 0 Å². The van der Waals surface area contributed by atoms with Crippen molar-refractivity contribution in [3.63, 3.8) is 0 Å². The summed E-state index contributed by atoms with van der Waals surface area (Å²) in [6.45, 7) is 8.67. The van der Waals surface area contributed by atoms with Crippen molar-refractivity contribution >= 4 is 24.2 Å². The topological polar surface area (TPSA) is 20.3 Å². The average molecular weight is 616 g/mol. The maximum absolute atomic E-state index is 14.2. The minimum atomic E-state index is -1.12. The molecule has 2 aromatic carbocycles. The second kappa shape index (κ2) is 10.5. The number of hydrogen-bond acceptors (Lipinski definition) is 1. The lowest BCUT2D eigenvalue weighted by molar-refractivity contribution is 0.0195. The Morgan fingerprint density at radius 2 is 1.09 bits per heavy atom. The average Bonchev–Trinajstić information content (AvgIpc) is 2.92. The number of aryl methyl sites for hydroxylation is 1. The number of benzene rings is 2. The maximum Gasteiger partial charge on any atom is 0.100 e. The molecule has 0 spiro atoms. The molecule has 0 unspecified atom stereocenters. The lowest BCUT2D eigenvalue weighted by Crippen LogP contribution is -2.58. The van der Waals surface area contributed by atoms with Gasteiger partial charge in [0.15, 0.2) is 0 Å². The highest BCUT2D eigenvalue weighted by Crippen LogP contribution is 2.78. The molecule has 43 heavy (non-hydrogen) atoms. The summed E-state index contributed by atoms with van der Waals surface area (Å²) in [6.07, 6.45) is 18.1. The van der Waals surface area contributed by atoms with E-state index >= 15 is 0 Å². The second-order valence-electron chi connectivity index (χ2n) is 17.3. The van der Waals surface area contributed by atoms with Crippen LogP contribution in [-0.4, -0.2) is 30.6 Å². The summed E-state index contributed by atoms with van der Waals surface area (Å²) in [6, 6.07) is 18.7. The molecular weight excluding hydrogens is 561 g/mol. The quantitative estimate of drug-likeness (QED) is 0.284. The molecule has 8 aliphatic rings. The maximum atomic E-state index is 14.2. The minimum absolute atomic E-state index is 0.00489. The Hall–Kier alpha value is -1.02. The van der Waals surface area contributed by atoms with E-state index in [1.807, 2.05) is 0 Å². The van der Waals surface area contributed by atoms with E-state index in [1.54, 1.807) is 5.30 Å². The van der Waals surface area contributed by atoms with Gasteiger partial charge in [-0.25, -0.2) is 8.51 Å². The van der Waals surface area contributed by atoms with E-state index in [4.69, 9.17) is 0 Å². The molecular formula is C39H54NOPS. The Balaban J connectivity index is 1.33. The largest absolute Gasteiger partial charge is 0.242 e. The molecule has 0 amide bonds. The van der Waals surface area contributed by atoms with Crippen LogP contribution in [0.1, 0.15) is 121 Å².